The number of thioether (sulfide) groups is 1. The molecule has 0 aromatic carbocycles. The zero-order valence-corrected chi connectivity index (χ0v) is 19.6. The van der Waals surface area contributed by atoms with E-state index >= 15 is 4.39 Å². The van der Waals surface area contributed by atoms with Crippen molar-refractivity contribution in [3.63, 3.8) is 0 Å². The monoisotopic (exact) mass is 450 g/mol. The Kier molecular flexibility index (Phi) is 5.14. The van der Waals surface area contributed by atoms with E-state index in [1.165, 1.54) is 19.1 Å². The SMILES string of the molecule is CSC(=O)C1(OC(C)=O)[C@@H](C)C[C@H]2[C@@H]3CCC4=CC(=O)C=C[C@]4(C)C3(F)[C@@H](O)C[C@@]21C. The third-order valence-corrected chi connectivity index (χ3v) is 9.65. The Hall–Kier alpha value is -1.47. The lowest BCUT2D eigenvalue weighted by Crippen LogP contribution is -2.69. The summed E-state index contributed by atoms with van der Waals surface area (Å²) in [7, 11) is 0. The Balaban J connectivity index is 1.86. The number of rotatable bonds is 2. The second-order valence-electron chi connectivity index (χ2n) is 10.2. The summed E-state index contributed by atoms with van der Waals surface area (Å²) in [4.78, 5) is 37.3. The average Bonchev–Trinajstić information content (AvgIpc) is 2.90. The first kappa shape index (κ1) is 22.7. The number of hydrogen-bond donors (Lipinski definition) is 1. The molecule has 170 valence electrons. The van der Waals surface area contributed by atoms with Gasteiger partial charge in [0.25, 0.3) is 0 Å². The average molecular weight is 451 g/mol. The Labute approximate surface area is 186 Å². The fourth-order valence-corrected chi connectivity index (χ4v) is 8.38. The summed E-state index contributed by atoms with van der Waals surface area (Å²) in [5.74, 6) is -1.75. The molecule has 3 fully saturated rings. The van der Waals surface area contributed by atoms with Gasteiger partial charge in [-0.3, -0.25) is 14.4 Å². The molecule has 7 heteroatoms. The second kappa shape index (κ2) is 7.01. The fourth-order valence-electron chi connectivity index (χ4n) is 7.60. The van der Waals surface area contributed by atoms with Crippen LogP contribution in [0, 0.1) is 28.6 Å². The van der Waals surface area contributed by atoms with Gasteiger partial charge in [0, 0.05) is 29.6 Å². The number of halogens is 1. The lowest BCUT2D eigenvalue weighted by Gasteiger charge is -2.62. The van der Waals surface area contributed by atoms with Crippen LogP contribution in [-0.4, -0.2) is 45.6 Å². The molecule has 0 amide bonds. The largest absolute Gasteiger partial charge is 0.449 e. The van der Waals surface area contributed by atoms with E-state index in [1.807, 2.05) is 13.8 Å². The van der Waals surface area contributed by atoms with Gasteiger partial charge in [0.2, 0.25) is 5.12 Å². The molecule has 0 bridgehead atoms. The van der Waals surface area contributed by atoms with Gasteiger partial charge in [-0.05, 0) is 56.9 Å². The molecule has 3 saturated carbocycles. The molecular formula is C24H31FO5S. The Morgan fingerprint density at radius 1 is 1.29 bits per heavy atom. The maximum atomic E-state index is 17.1. The molecule has 5 nitrogen and oxygen atoms in total. The maximum Gasteiger partial charge on any atom is 0.303 e. The quantitative estimate of drug-likeness (QED) is 0.645. The van der Waals surface area contributed by atoms with Gasteiger partial charge in [-0.2, -0.15) is 0 Å². The van der Waals surface area contributed by atoms with E-state index < -0.39 is 40.1 Å². The minimum absolute atomic E-state index is 0.0131. The lowest BCUT2D eigenvalue weighted by atomic mass is 9.45. The molecule has 4 rings (SSSR count). The molecular weight excluding hydrogens is 419 g/mol. The molecule has 0 aromatic heterocycles. The number of ketones is 1. The van der Waals surface area contributed by atoms with Crippen LogP contribution in [0.3, 0.4) is 0 Å². The van der Waals surface area contributed by atoms with Crippen LogP contribution in [-0.2, 0) is 19.1 Å². The zero-order valence-electron chi connectivity index (χ0n) is 18.7. The van der Waals surface area contributed by atoms with Gasteiger partial charge in [-0.15, -0.1) is 0 Å². The van der Waals surface area contributed by atoms with Crippen LogP contribution in [0.5, 0.6) is 0 Å². The van der Waals surface area contributed by atoms with E-state index in [0.29, 0.717) is 19.3 Å². The van der Waals surface area contributed by atoms with Gasteiger partial charge in [0.15, 0.2) is 17.1 Å². The number of allylic oxidation sites excluding steroid dienone is 4. The van der Waals surface area contributed by atoms with Crippen LogP contribution in [0.1, 0.15) is 53.4 Å². The van der Waals surface area contributed by atoms with E-state index in [9.17, 15) is 19.5 Å². The second-order valence-corrected chi connectivity index (χ2v) is 11.0. The number of fused-ring (bicyclic) bond motifs is 5. The number of aliphatic hydroxyl groups excluding tert-OH is 1. The topological polar surface area (TPSA) is 80.7 Å². The molecule has 0 heterocycles. The highest BCUT2D eigenvalue weighted by Crippen LogP contribution is 2.71. The number of aliphatic hydroxyl groups is 1. The van der Waals surface area contributed by atoms with Crippen molar-refractivity contribution in [1.29, 1.82) is 0 Å². The molecule has 0 saturated heterocycles. The molecule has 8 atom stereocenters. The molecule has 0 spiro atoms. The van der Waals surface area contributed by atoms with Gasteiger partial charge in [0.1, 0.15) is 0 Å². The van der Waals surface area contributed by atoms with Crippen molar-refractivity contribution >= 4 is 28.6 Å². The number of alkyl halides is 1. The van der Waals surface area contributed by atoms with E-state index in [2.05, 4.69) is 0 Å². The number of carbonyl (C=O) groups is 3. The Morgan fingerprint density at radius 2 is 1.97 bits per heavy atom. The third kappa shape index (κ3) is 2.62. The minimum atomic E-state index is -1.97. The number of ether oxygens (including phenoxy) is 1. The Morgan fingerprint density at radius 3 is 2.58 bits per heavy atom. The van der Waals surface area contributed by atoms with Gasteiger partial charge in [-0.25, -0.2) is 4.39 Å². The van der Waals surface area contributed by atoms with Crippen molar-refractivity contribution < 1.29 is 28.6 Å². The smallest absolute Gasteiger partial charge is 0.303 e. The summed E-state index contributed by atoms with van der Waals surface area (Å²) >= 11 is 1.02. The molecule has 0 aromatic rings. The van der Waals surface area contributed by atoms with Gasteiger partial charge in [0.05, 0.1) is 6.10 Å². The highest BCUT2D eigenvalue weighted by molar-refractivity contribution is 8.13. The molecule has 1 N–H and O–H groups in total. The van der Waals surface area contributed by atoms with Crippen LogP contribution >= 0.6 is 11.8 Å². The summed E-state index contributed by atoms with van der Waals surface area (Å²) in [6.45, 7) is 6.83. The fraction of sp³-hybridized carbons (Fsp3) is 0.708. The molecule has 0 radical (unpaired) electrons. The van der Waals surface area contributed by atoms with Crippen LogP contribution in [0.4, 0.5) is 4.39 Å². The standard InChI is InChI=1S/C24H31FO5S/c1-13-10-18-17-7-6-15-11-16(27)8-9-21(15,3)23(17,25)19(28)12-22(18,4)24(13,20(29)31-5)30-14(2)26/h8-9,11,13,17-19,28H,6-7,10,12H2,1-5H3/t13-,17-,18-,19-,21-,22-,23?,24?/m0/s1. The van der Waals surface area contributed by atoms with Crippen molar-refractivity contribution in [2.75, 3.05) is 6.26 Å². The first-order valence-corrected chi connectivity index (χ1v) is 12.2. The third-order valence-electron chi connectivity index (χ3n) is 8.97. The summed E-state index contributed by atoms with van der Waals surface area (Å²) in [6, 6.07) is 0. The summed E-state index contributed by atoms with van der Waals surface area (Å²) < 4.78 is 23.0. The Bertz CT molecular complexity index is 914. The highest BCUT2D eigenvalue weighted by Gasteiger charge is 2.77. The predicted octanol–water partition coefficient (Wildman–Crippen LogP) is 3.79. The molecule has 4 aliphatic carbocycles. The number of esters is 1. The van der Waals surface area contributed by atoms with E-state index in [4.69, 9.17) is 4.74 Å². The van der Waals surface area contributed by atoms with Crippen molar-refractivity contribution in [2.24, 2.45) is 28.6 Å². The first-order valence-electron chi connectivity index (χ1n) is 11.0. The molecule has 0 aliphatic heterocycles. The highest BCUT2D eigenvalue weighted by atomic mass is 32.2. The van der Waals surface area contributed by atoms with Crippen LogP contribution < -0.4 is 0 Å². The normalized spacial score (nSPS) is 48.4. The minimum Gasteiger partial charge on any atom is -0.449 e. The van der Waals surface area contributed by atoms with E-state index in [1.54, 1.807) is 19.3 Å². The predicted molar refractivity (Wildman–Crippen MR) is 116 cm³/mol. The molecule has 2 unspecified atom stereocenters. The van der Waals surface area contributed by atoms with Crippen LogP contribution in [0.2, 0.25) is 0 Å². The molecule has 31 heavy (non-hydrogen) atoms. The summed E-state index contributed by atoms with van der Waals surface area (Å²) in [5.41, 5.74) is -4.61. The summed E-state index contributed by atoms with van der Waals surface area (Å²) in [5, 5.41) is 11.1. The van der Waals surface area contributed by atoms with Gasteiger partial charge in [-0.1, -0.05) is 37.3 Å². The number of hydrogen-bond acceptors (Lipinski definition) is 6. The lowest BCUT2D eigenvalue weighted by molar-refractivity contribution is -0.224. The van der Waals surface area contributed by atoms with Gasteiger partial charge < -0.3 is 9.84 Å². The van der Waals surface area contributed by atoms with Crippen molar-refractivity contribution in [1.82, 2.24) is 0 Å². The van der Waals surface area contributed by atoms with Crippen LogP contribution in [0.15, 0.2) is 23.8 Å². The zero-order chi connectivity index (χ0) is 23.0. The van der Waals surface area contributed by atoms with Crippen LogP contribution in [0.25, 0.3) is 0 Å². The number of carbonyl (C=O) groups excluding carboxylic acids is 3. The molecule has 4 aliphatic rings. The van der Waals surface area contributed by atoms with Crippen molar-refractivity contribution in [3.05, 3.63) is 23.8 Å². The van der Waals surface area contributed by atoms with E-state index in [0.717, 1.165) is 17.3 Å². The van der Waals surface area contributed by atoms with Gasteiger partial charge >= 0.3 is 5.97 Å². The van der Waals surface area contributed by atoms with Crippen molar-refractivity contribution in [3.8, 4) is 0 Å². The first-order chi connectivity index (χ1) is 14.4. The van der Waals surface area contributed by atoms with E-state index in [-0.39, 0.29) is 29.2 Å². The maximum absolute atomic E-state index is 17.1. The van der Waals surface area contributed by atoms with Crippen molar-refractivity contribution in [2.45, 2.75) is 70.8 Å². The summed E-state index contributed by atoms with van der Waals surface area (Å²) in [6.07, 6.45) is 6.42.